The Hall–Kier alpha value is -2.08. The van der Waals surface area contributed by atoms with Crippen molar-refractivity contribution < 1.29 is 24.2 Å². The van der Waals surface area contributed by atoms with E-state index in [9.17, 15) is 9.59 Å². The normalized spacial score (nSPS) is 20.4. The van der Waals surface area contributed by atoms with Gasteiger partial charge in [-0.05, 0) is 43.9 Å². The summed E-state index contributed by atoms with van der Waals surface area (Å²) in [7, 11) is 1.60. The highest BCUT2D eigenvalue weighted by molar-refractivity contribution is 5.94. The summed E-state index contributed by atoms with van der Waals surface area (Å²) >= 11 is 0. The molecule has 1 saturated carbocycles. The van der Waals surface area contributed by atoms with Crippen LogP contribution in [0.3, 0.4) is 0 Å². The van der Waals surface area contributed by atoms with Crippen molar-refractivity contribution in [2.24, 2.45) is 11.8 Å². The molecule has 0 heterocycles. The molecule has 6 heteroatoms. The molecule has 2 N–H and O–H groups in total. The van der Waals surface area contributed by atoms with E-state index in [1.807, 2.05) is 25.1 Å². The number of amides is 1. The Morgan fingerprint density at radius 3 is 2.71 bits per heavy atom. The van der Waals surface area contributed by atoms with Crippen LogP contribution in [-0.2, 0) is 14.3 Å². The van der Waals surface area contributed by atoms with Gasteiger partial charge in [-0.2, -0.15) is 0 Å². The standard InChI is InChI=1S/C18H25NO5/c1-12-6-7-15(16(10-12)24-9-8-23-2)19-17(20)13-4-3-5-14(11-13)18(21)22/h6-7,10,13-14H,3-5,8-9,11H2,1-2H3,(H,19,20)(H,21,22). The van der Waals surface area contributed by atoms with E-state index in [1.165, 1.54) is 0 Å². The number of carbonyl (C=O) groups excluding carboxylic acids is 1. The molecule has 1 aliphatic carbocycles. The van der Waals surface area contributed by atoms with Gasteiger partial charge in [0.1, 0.15) is 12.4 Å². The van der Waals surface area contributed by atoms with Crippen molar-refractivity contribution in [2.75, 3.05) is 25.6 Å². The molecule has 2 rings (SSSR count). The van der Waals surface area contributed by atoms with Gasteiger partial charge < -0.3 is 19.9 Å². The molecule has 6 nitrogen and oxygen atoms in total. The van der Waals surface area contributed by atoms with Gasteiger partial charge in [-0.15, -0.1) is 0 Å². The molecule has 1 aliphatic rings. The average molecular weight is 335 g/mol. The lowest BCUT2D eigenvalue weighted by Crippen LogP contribution is -2.31. The first-order valence-corrected chi connectivity index (χ1v) is 8.27. The van der Waals surface area contributed by atoms with Gasteiger partial charge in [0.2, 0.25) is 5.91 Å². The number of anilines is 1. The molecule has 2 unspecified atom stereocenters. The highest BCUT2D eigenvalue weighted by Crippen LogP contribution is 2.32. The Labute approximate surface area is 142 Å². The van der Waals surface area contributed by atoms with Crippen LogP contribution >= 0.6 is 0 Å². The molecule has 0 saturated heterocycles. The summed E-state index contributed by atoms with van der Waals surface area (Å²) in [5, 5.41) is 12.1. The molecule has 0 aliphatic heterocycles. The summed E-state index contributed by atoms with van der Waals surface area (Å²) in [5.74, 6) is -1.04. The molecule has 2 atom stereocenters. The van der Waals surface area contributed by atoms with Crippen LogP contribution in [0.2, 0.25) is 0 Å². The number of methoxy groups -OCH3 is 1. The molecule has 1 aromatic rings. The molecule has 0 aromatic heterocycles. The molecule has 1 amide bonds. The van der Waals surface area contributed by atoms with E-state index in [1.54, 1.807) is 7.11 Å². The van der Waals surface area contributed by atoms with Gasteiger partial charge in [0.05, 0.1) is 18.2 Å². The number of hydrogen-bond donors (Lipinski definition) is 2. The minimum Gasteiger partial charge on any atom is -0.489 e. The molecule has 1 aromatic carbocycles. The summed E-state index contributed by atoms with van der Waals surface area (Å²) in [6.45, 7) is 2.81. The van der Waals surface area contributed by atoms with Crippen LogP contribution in [0, 0.1) is 18.8 Å². The van der Waals surface area contributed by atoms with Crippen LogP contribution in [0.5, 0.6) is 5.75 Å². The maximum absolute atomic E-state index is 12.5. The summed E-state index contributed by atoms with van der Waals surface area (Å²) in [4.78, 5) is 23.7. The average Bonchev–Trinajstić information content (AvgIpc) is 2.57. The van der Waals surface area contributed by atoms with Crippen LogP contribution in [0.25, 0.3) is 0 Å². The second kappa shape index (κ2) is 8.68. The number of benzene rings is 1. The monoisotopic (exact) mass is 335 g/mol. The molecular formula is C18H25NO5. The lowest BCUT2D eigenvalue weighted by Gasteiger charge is -2.26. The lowest BCUT2D eigenvalue weighted by atomic mass is 9.81. The zero-order valence-electron chi connectivity index (χ0n) is 14.2. The maximum Gasteiger partial charge on any atom is 0.306 e. The summed E-state index contributed by atoms with van der Waals surface area (Å²) in [6, 6.07) is 5.58. The first-order valence-electron chi connectivity index (χ1n) is 8.27. The first kappa shape index (κ1) is 18.3. The van der Waals surface area contributed by atoms with Crippen molar-refractivity contribution in [1.29, 1.82) is 0 Å². The van der Waals surface area contributed by atoms with E-state index >= 15 is 0 Å². The number of aliphatic carboxylic acids is 1. The molecule has 1 fully saturated rings. The Balaban J connectivity index is 2.03. The Kier molecular flexibility index (Phi) is 6.61. The predicted molar refractivity (Wildman–Crippen MR) is 90.3 cm³/mol. The van der Waals surface area contributed by atoms with Crippen molar-refractivity contribution in [3.05, 3.63) is 23.8 Å². The minimum absolute atomic E-state index is 0.138. The van der Waals surface area contributed by atoms with Gasteiger partial charge >= 0.3 is 5.97 Å². The zero-order valence-corrected chi connectivity index (χ0v) is 14.2. The van der Waals surface area contributed by atoms with Crippen LogP contribution in [-0.4, -0.2) is 37.3 Å². The van der Waals surface area contributed by atoms with E-state index in [4.69, 9.17) is 14.6 Å². The third-order valence-electron chi connectivity index (χ3n) is 4.33. The maximum atomic E-state index is 12.5. The number of hydrogen-bond acceptors (Lipinski definition) is 4. The number of nitrogens with one attached hydrogen (secondary N) is 1. The summed E-state index contributed by atoms with van der Waals surface area (Å²) in [6.07, 6.45) is 2.53. The van der Waals surface area contributed by atoms with E-state index in [0.29, 0.717) is 37.5 Å². The summed E-state index contributed by atoms with van der Waals surface area (Å²) in [5.41, 5.74) is 1.64. The van der Waals surface area contributed by atoms with E-state index in [-0.39, 0.29) is 11.8 Å². The van der Waals surface area contributed by atoms with Gasteiger partial charge in [-0.25, -0.2) is 0 Å². The summed E-state index contributed by atoms with van der Waals surface area (Å²) < 4.78 is 10.6. The third-order valence-corrected chi connectivity index (χ3v) is 4.33. The topological polar surface area (TPSA) is 84.9 Å². The van der Waals surface area contributed by atoms with Crippen LogP contribution in [0.1, 0.15) is 31.2 Å². The smallest absolute Gasteiger partial charge is 0.306 e. The van der Waals surface area contributed by atoms with Crippen molar-refractivity contribution in [3.63, 3.8) is 0 Å². The molecular weight excluding hydrogens is 310 g/mol. The number of ether oxygens (including phenoxy) is 2. The second-order valence-electron chi connectivity index (χ2n) is 6.23. The van der Waals surface area contributed by atoms with Crippen molar-refractivity contribution in [1.82, 2.24) is 0 Å². The van der Waals surface area contributed by atoms with Gasteiger partial charge in [0, 0.05) is 13.0 Å². The van der Waals surface area contributed by atoms with Gasteiger partial charge in [-0.1, -0.05) is 12.5 Å². The number of carbonyl (C=O) groups is 2. The number of carboxylic acid groups (broad SMARTS) is 1. The van der Waals surface area contributed by atoms with Crippen LogP contribution in [0.4, 0.5) is 5.69 Å². The fourth-order valence-electron chi connectivity index (χ4n) is 2.97. The largest absolute Gasteiger partial charge is 0.489 e. The molecule has 24 heavy (non-hydrogen) atoms. The van der Waals surface area contributed by atoms with Crippen LogP contribution < -0.4 is 10.1 Å². The first-order chi connectivity index (χ1) is 11.5. The van der Waals surface area contributed by atoms with Gasteiger partial charge in [0.15, 0.2) is 0 Å². The Morgan fingerprint density at radius 1 is 1.25 bits per heavy atom. The number of aryl methyl sites for hydroxylation is 1. The number of carboxylic acids is 1. The van der Waals surface area contributed by atoms with E-state index in [2.05, 4.69) is 5.32 Å². The third kappa shape index (κ3) is 4.96. The highest BCUT2D eigenvalue weighted by atomic mass is 16.5. The molecule has 0 bridgehead atoms. The highest BCUT2D eigenvalue weighted by Gasteiger charge is 2.31. The van der Waals surface area contributed by atoms with Crippen molar-refractivity contribution in [3.8, 4) is 5.75 Å². The zero-order chi connectivity index (χ0) is 17.5. The van der Waals surface area contributed by atoms with Gasteiger partial charge in [0.25, 0.3) is 0 Å². The molecule has 0 spiro atoms. The molecule has 0 radical (unpaired) electrons. The van der Waals surface area contributed by atoms with E-state index < -0.39 is 11.9 Å². The predicted octanol–water partition coefficient (Wildman–Crippen LogP) is 2.85. The molecule has 132 valence electrons. The SMILES string of the molecule is COCCOc1cc(C)ccc1NC(=O)C1CCCC(C(=O)O)C1. The Morgan fingerprint density at radius 2 is 2.00 bits per heavy atom. The minimum atomic E-state index is -0.813. The fourth-order valence-corrected chi connectivity index (χ4v) is 2.97. The fraction of sp³-hybridized carbons (Fsp3) is 0.556. The number of rotatable bonds is 7. The van der Waals surface area contributed by atoms with Crippen molar-refractivity contribution in [2.45, 2.75) is 32.6 Å². The van der Waals surface area contributed by atoms with Crippen LogP contribution in [0.15, 0.2) is 18.2 Å². The quantitative estimate of drug-likeness (QED) is 0.749. The second-order valence-corrected chi connectivity index (χ2v) is 6.23. The van der Waals surface area contributed by atoms with Crippen molar-refractivity contribution >= 4 is 17.6 Å². The van der Waals surface area contributed by atoms with Gasteiger partial charge in [-0.3, -0.25) is 9.59 Å². The Bertz CT molecular complexity index is 587. The van der Waals surface area contributed by atoms with E-state index in [0.717, 1.165) is 18.4 Å². The lowest BCUT2D eigenvalue weighted by molar-refractivity contribution is -0.143.